The van der Waals surface area contributed by atoms with E-state index in [1.165, 1.54) is 16.0 Å². The van der Waals surface area contributed by atoms with Crippen molar-refractivity contribution in [3.63, 3.8) is 0 Å². The molecule has 2 aromatic carbocycles. The smallest absolute Gasteiger partial charge is 0.423 e. The van der Waals surface area contributed by atoms with E-state index in [0.29, 0.717) is 5.46 Å². The SMILES string of the molecule is Cc1ccc(SCc2cccc(B(O)O)c2)cc1C. The predicted octanol–water partition coefficient (Wildman–Crippen LogP) is 2.28. The molecule has 0 atom stereocenters. The van der Waals surface area contributed by atoms with Crippen LogP contribution in [0, 0.1) is 13.8 Å². The van der Waals surface area contributed by atoms with Crippen LogP contribution in [0.1, 0.15) is 16.7 Å². The average Bonchev–Trinajstić information content (AvgIpc) is 2.40. The van der Waals surface area contributed by atoms with Gasteiger partial charge in [0.15, 0.2) is 0 Å². The summed E-state index contributed by atoms with van der Waals surface area (Å²) in [6.45, 7) is 4.22. The fraction of sp³-hybridized carbons (Fsp3) is 0.200. The molecule has 2 rings (SSSR count). The molecular formula is C15H17BO2S. The molecule has 0 saturated heterocycles. The van der Waals surface area contributed by atoms with Crippen molar-refractivity contribution in [2.24, 2.45) is 0 Å². The Labute approximate surface area is 118 Å². The topological polar surface area (TPSA) is 40.5 Å². The zero-order chi connectivity index (χ0) is 13.8. The molecule has 98 valence electrons. The first-order valence-corrected chi connectivity index (χ1v) is 7.20. The van der Waals surface area contributed by atoms with Crippen molar-refractivity contribution in [3.8, 4) is 0 Å². The van der Waals surface area contributed by atoms with Crippen molar-refractivity contribution in [1.82, 2.24) is 0 Å². The number of aryl methyl sites for hydroxylation is 2. The third-order valence-corrected chi connectivity index (χ3v) is 4.20. The molecule has 0 spiro atoms. The lowest BCUT2D eigenvalue weighted by molar-refractivity contribution is 0.425. The Kier molecular flexibility index (Phi) is 4.69. The van der Waals surface area contributed by atoms with Gasteiger partial charge in [-0.1, -0.05) is 30.3 Å². The zero-order valence-corrected chi connectivity index (χ0v) is 11.9. The molecule has 0 aliphatic heterocycles. The number of benzene rings is 2. The summed E-state index contributed by atoms with van der Waals surface area (Å²) in [5, 5.41) is 18.3. The normalized spacial score (nSPS) is 10.5. The minimum atomic E-state index is -1.40. The molecule has 2 N–H and O–H groups in total. The van der Waals surface area contributed by atoms with Crippen molar-refractivity contribution in [2.45, 2.75) is 24.5 Å². The molecule has 0 bridgehead atoms. The third kappa shape index (κ3) is 3.87. The van der Waals surface area contributed by atoms with Crippen LogP contribution in [0.2, 0.25) is 0 Å². The van der Waals surface area contributed by atoms with Crippen LogP contribution in [0.15, 0.2) is 47.4 Å². The van der Waals surface area contributed by atoms with Crippen LogP contribution < -0.4 is 5.46 Å². The van der Waals surface area contributed by atoms with Gasteiger partial charge < -0.3 is 10.0 Å². The van der Waals surface area contributed by atoms with Crippen molar-refractivity contribution in [3.05, 3.63) is 59.2 Å². The minimum absolute atomic E-state index is 0.540. The summed E-state index contributed by atoms with van der Waals surface area (Å²) >= 11 is 1.75. The van der Waals surface area contributed by atoms with Crippen molar-refractivity contribution in [2.75, 3.05) is 0 Å². The summed E-state index contributed by atoms with van der Waals surface area (Å²) in [7, 11) is -1.40. The van der Waals surface area contributed by atoms with Crippen molar-refractivity contribution in [1.29, 1.82) is 0 Å². The van der Waals surface area contributed by atoms with Crippen molar-refractivity contribution >= 4 is 24.3 Å². The van der Waals surface area contributed by atoms with Gasteiger partial charge in [0.1, 0.15) is 0 Å². The highest BCUT2D eigenvalue weighted by molar-refractivity contribution is 7.98. The lowest BCUT2D eigenvalue weighted by Crippen LogP contribution is -2.29. The van der Waals surface area contributed by atoms with Crippen LogP contribution in [-0.4, -0.2) is 17.2 Å². The van der Waals surface area contributed by atoms with Gasteiger partial charge in [0.2, 0.25) is 0 Å². The zero-order valence-electron chi connectivity index (χ0n) is 11.1. The van der Waals surface area contributed by atoms with Gasteiger partial charge in [0.25, 0.3) is 0 Å². The minimum Gasteiger partial charge on any atom is -0.423 e. The van der Waals surface area contributed by atoms with Gasteiger partial charge in [-0.15, -0.1) is 11.8 Å². The molecule has 0 aliphatic rings. The Morgan fingerprint density at radius 2 is 1.79 bits per heavy atom. The van der Waals surface area contributed by atoms with Gasteiger partial charge in [-0.2, -0.15) is 0 Å². The lowest BCUT2D eigenvalue weighted by atomic mass is 9.80. The van der Waals surface area contributed by atoms with Crippen LogP contribution in [0.25, 0.3) is 0 Å². The molecule has 0 saturated carbocycles. The van der Waals surface area contributed by atoms with E-state index in [4.69, 9.17) is 10.0 Å². The van der Waals surface area contributed by atoms with Crippen molar-refractivity contribution < 1.29 is 10.0 Å². The molecule has 0 heterocycles. The van der Waals surface area contributed by atoms with Gasteiger partial charge >= 0.3 is 7.12 Å². The van der Waals surface area contributed by atoms with E-state index in [1.54, 1.807) is 17.8 Å². The molecule has 0 amide bonds. The van der Waals surface area contributed by atoms with E-state index in [-0.39, 0.29) is 0 Å². The number of hydrogen-bond donors (Lipinski definition) is 2. The highest BCUT2D eigenvalue weighted by atomic mass is 32.2. The molecule has 0 aliphatic carbocycles. The maximum Gasteiger partial charge on any atom is 0.488 e. The fourth-order valence-electron chi connectivity index (χ4n) is 1.81. The van der Waals surface area contributed by atoms with Gasteiger partial charge in [0.05, 0.1) is 0 Å². The predicted molar refractivity (Wildman–Crippen MR) is 81.7 cm³/mol. The Morgan fingerprint density at radius 1 is 1.00 bits per heavy atom. The average molecular weight is 272 g/mol. The molecule has 0 unspecified atom stereocenters. The second-order valence-corrected chi connectivity index (χ2v) is 5.70. The molecule has 0 fully saturated rings. The van der Waals surface area contributed by atoms with Crippen LogP contribution >= 0.6 is 11.8 Å². The highest BCUT2D eigenvalue weighted by Gasteiger charge is 2.10. The summed E-state index contributed by atoms with van der Waals surface area (Å²) < 4.78 is 0. The van der Waals surface area contributed by atoms with E-state index in [0.717, 1.165) is 11.3 Å². The van der Waals surface area contributed by atoms with Gasteiger partial charge in [-0.25, -0.2) is 0 Å². The largest absolute Gasteiger partial charge is 0.488 e. The Balaban J connectivity index is 2.05. The first-order valence-electron chi connectivity index (χ1n) is 6.21. The summed E-state index contributed by atoms with van der Waals surface area (Å²) in [6, 6.07) is 13.8. The molecule has 19 heavy (non-hydrogen) atoms. The molecule has 2 aromatic rings. The number of rotatable bonds is 4. The van der Waals surface area contributed by atoms with Gasteiger partial charge in [-0.05, 0) is 48.1 Å². The summed E-state index contributed by atoms with van der Waals surface area (Å²) in [6.07, 6.45) is 0. The second-order valence-electron chi connectivity index (χ2n) is 4.65. The number of thioether (sulfide) groups is 1. The molecule has 0 aromatic heterocycles. The van der Waals surface area contributed by atoms with Gasteiger partial charge in [-0.3, -0.25) is 0 Å². The summed E-state index contributed by atoms with van der Waals surface area (Å²) in [4.78, 5) is 1.23. The quantitative estimate of drug-likeness (QED) is 0.662. The van der Waals surface area contributed by atoms with E-state index in [2.05, 4.69) is 32.0 Å². The number of hydrogen-bond acceptors (Lipinski definition) is 3. The maximum atomic E-state index is 9.15. The van der Waals surface area contributed by atoms with Crippen LogP contribution in [-0.2, 0) is 5.75 Å². The van der Waals surface area contributed by atoms with E-state index in [1.807, 2.05) is 18.2 Å². The summed E-state index contributed by atoms with van der Waals surface area (Å²) in [5.41, 5.74) is 4.23. The monoisotopic (exact) mass is 272 g/mol. The molecule has 4 heteroatoms. The van der Waals surface area contributed by atoms with E-state index in [9.17, 15) is 0 Å². The van der Waals surface area contributed by atoms with Crippen LogP contribution in [0.3, 0.4) is 0 Å². The van der Waals surface area contributed by atoms with E-state index >= 15 is 0 Å². The Morgan fingerprint density at radius 3 is 2.47 bits per heavy atom. The fourth-order valence-corrected chi connectivity index (χ4v) is 2.75. The van der Waals surface area contributed by atoms with Crippen LogP contribution in [0.5, 0.6) is 0 Å². The summed E-state index contributed by atoms with van der Waals surface area (Å²) in [5.74, 6) is 0.822. The molecular weight excluding hydrogens is 255 g/mol. The standard InChI is InChI=1S/C15H17BO2S/c1-11-6-7-15(8-12(11)2)19-10-13-4-3-5-14(9-13)16(17)18/h3-9,17-18H,10H2,1-2H3. The lowest BCUT2D eigenvalue weighted by Gasteiger charge is -2.07. The highest BCUT2D eigenvalue weighted by Crippen LogP contribution is 2.24. The Hall–Kier alpha value is -1.23. The third-order valence-electron chi connectivity index (χ3n) is 3.13. The van der Waals surface area contributed by atoms with E-state index < -0.39 is 7.12 Å². The molecule has 2 nitrogen and oxygen atoms in total. The molecule has 0 radical (unpaired) electrons. The first-order chi connectivity index (χ1) is 9.06. The van der Waals surface area contributed by atoms with Gasteiger partial charge in [0, 0.05) is 10.6 Å². The Bertz CT molecular complexity index is 570. The maximum absolute atomic E-state index is 9.15. The van der Waals surface area contributed by atoms with Crippen LogP contribution in [0.4, 0.5) is 0 Å². The first kappa shape index (κ1) is 14.2. The second kappa shape index (κ2) is 6.28.